The number of nitrogens with one attached hydrogen (secondary N) is 1. The number of hydrogen-bond donors (Lipinski definition) is 1. The number of methoxy groups -OCH3 is 2. The van der Waals surface area contributed by atoms with Gasteiger partial charge in [0.2, 0.25) is 0 Å². The molecule has 0 spiro atoms. The summed E-state index contributed by atoms with van der Waals surface area (Å²) in [6.45, 7) is 16.4. The van der Waals surface area contributed by atoms with Gasteiger partial charge in [0, 0.05) is 39.5 Å². The molecule has 0 bridgehead atoms. The summed E-state index contributed by atoms with van der Waals surface area (Å²) >= 11 is 0. The fourth-order valence-corrected chi connectivity index (χ4v) is 5.09. The van der Waals surface area contributed by atoms with E-state index in [2.05, 4.69) is 46.9 Å². The highest BCUT2D eigenvalue weighted by Gasteiger charge is 2.31. The second kappa shape index (κ2) is 21.9. The molecule has 0 fully saturated rings. The smallest absolute Gasteiger partial charge is 0.0462 e. The summed E-state index contributed by atoms with van der Waals surface area (Å²) in [6, 6.07) is 1.21. The topological polar surface area (TPSA) is 30.5 Å². The Morgan fingerprint density at radius 2 is 0.686 bits per heavy atom. The number of unbranched alkanes of at least 4 members (excludes halogenated alkanes) is 14. The SMILES string of the molecule is COCCCCCCCCCCC(NC(CCCCCCCCCCOC)C(C)(C)C)C(C)(C)C. The van der Waals surface area contributed by atoms with Crippen molar-refractivity contribution in [3.63, 3.8) is 0 Å². The first-order valence-electron chi connectivity index (χ1n) is 15.4. The molecule has 3 heteroatoms. The molecule has 0 aliphatic carbocycles. The van der Waals surface area contributed by atoms with E-state index < -0.39 is 0 Å². The molecule has 35 heavy (non-hydrogen) atoms. The fraction of sp³-hybridized carbons (Fsp3) is 1.00. The second-order valence-corrected chi connectivity index (χ2v) is 13.2. The van der Waals surface area contributed by atoms with Crippen LogP contribution in [0.1, 0.15) is 157 Å². The minimum absolute atomic E-state index is 0.313. The molecule has 2 atom stereocenters. The molecule has 0 aromatic carbocycles. The van der Waals surface area contributed by atoms with Gasteiger partial charge >= 0.3 is 0 Å². The lowest BCUT2D eigenvalue weighted by Crippen LogP contribution is -2.50. The van der Waals surface area contributed by atoms with Crippen LogP contribution in [0.5, 0.6) is 0 Å². The van der Waals surface area contributed by atoms with Crippen LogP contribution in [-0.4, -0.2) is 39.5 Å². The predicted octanol–water partition coefficient (Wildman–Crippen LogP) is 9.72. The quantitative estimate of drug-likeness (QED) is 0.135. The van der Waals surface area contributed by atoms with E-state index in [0.29, 0.717) is 22.9 Å². The van der Waals surface area contributed by atoms with Gasteiger partial charge < -0.3 is 14.8 Å². The Morgan fingerprint density at radius 3 is 0.943 bits per heavy atom. The minimum atomic E-state index is 0.313. The third-order valence-corrected chi connectivity index (χ3v) is 7.68. The van der Waals surface area contributed by atoms with Gasteiger partial charge in [0.1, 0.15) is 0 Å². The van der Waals surface area contributed by atoms with Gasteiger partial charge in [0.25, 0.3) is 0 Å². The molecular weight excluding hydrogens is 430 g/mol. The molecule has 0 aromatic rings. The van der Waals surface area contributed by atoms with Crippen LogP contribution >= 0.6 is 0 Å². The highest BCUT2D eigenvalue weighted by Crippen LogP contribution is 2.30. The highest BCUT2D eigenvalue weighted by molar-refractivity contribution is 4.88. The lowest BCUT2D eigenvalue weighted by molar-refractivity contribution is 0.164. The molecule has 0 saturated heterocycles. The molecule has 0 aromatic heterocycles. The van der Waals surface area contributed by atoms with Crippen molar-refractivity contribution in [2.75, 3.05) is 27.4 Å². The van der Waals surface area contributed by atoms with E-state index in [4.69, 9.17) is 9.47 Å². The van der Waals surface area contributed by atoms with E-state index in [-0.39, 0.29) is 0 Å². The number of hydrogen-bond acceptors (Lipinski definition) is 3. The van der Waals surface area contributed by atoms with Crippen LogP contribution in [0.3, 0.4) is 0 Å². The summed E-state index contributed by atoms with van der Waals surface area (Å²) in [5.74, 6) is 0. The molecule has 1 N–H and O–H groups in total. The standard InChI is InChI=1S/C32H67NO2/c1-31(2,3)29(25-21-17-13-9-11-15-19-23-27-34-7)33-30(32(4,5)6)26-22-18-14-10-12-16-20-24-28-35-8/h29-30,33H,9-28H2,1-8H3. The predicted molar refractivity (Wildman–Crippen MR) is 156 cm³/mol. The fourth-order valence-electron chi connectivity index (χ4n) is 5.09. The molecule has 0 aliphatic heterocycles. The first-order chi connectivity index (χ1) is 16.6. The van der Waals surface area contributed by atoms with Crippen LogP contribution in [0.25, 0.3) is 0 Å². The van der Waals surface area contributed by atoms with E-state index in [1.807, 2.05) is 0 Å². The van der Waals surface area contributed by atoms with E-state index >= 15 is 0 Å². The lowest BCUT2D eigenvalue weighted by Gasteiger charge is -2.40. The number of rotatable bonds is 24. The first-order valence-corrected chi connectivity index (χ1v) is 15.4. The van der Waals surface area contributed by atoms with Gasteiger partial charge in [-0.1, -0.05) is 131 Å². The molecule has 0 aliphatic rings. The van der Waals surface area contributed by atoms with Crippen LogP contribution in [0, 0.1) is 10.8 Å². The molecule has 2 unspecified atom stereocenters. The Kier molecular flexibility index (Phi) is 21.8. The Morgan fingerprint density at radius 1 is 0.429 bits per heavy atom. The van der Waals surface area contributed by atoms with Gasteiger partial charge in [-0.3, -0.25) is 0 Å². The summed E-state index contributed by atoms with van der Waals surface area (Å²) in [6.07, 6.45) is 24.3. The number of ether oxygens (including phenoxy) is 2. The van der Waals surface area contributed by atoms with Gasteiger partial charge in [-0.2, -0.15) is 0 Å². The van der Waals surface area contributed by atoms with Gasteiger partial charge in [-0.25, -0.2) is 0 Å². The summed E-state index contributed by atoms with van der Waals surface area (Å²) < 4.78 is 10.3. The zero-order valence-electron chi connectivity index (χ0n) is 25.6. The molecule has 0 amide bonds. The Hall–Kier alpha value is -0.120. The molecular formula is C32H67NO2. The van der Waals surface area contributed by atoms with Crippen LogP contribution < -0.4 is 5.32 Å². The van der Waals surface area contributed by atoms with Crippen molar-refractivity contribution in [3.05, 3.63) is 0 Å². The molecule has 0 rings (SSSR count). The average molecular weight is 498 g/mol. The van der Waals surface area contributed by atoms with Crippen LogP contribution in [0.4, 0.5) is 0 Å². The summed E-state index contributed by atoms with van der Waals surface area (Å²) in [5, 5.41) is 4.17. The molecule has 212 valence electrons. The molecule has 0 radical (unpaired) electrons. The van der Waals surface area contributed by atoms with Crippen molar-refractivity contribution in [1.82, 2.24) is 5.32 Å². The van der Waals surface area contributed by atoms with Crippen molar-refractivity contribution in [3.8, 4) is 0 Å². The minimum Gasteiger partial charge on any atom is -0.385 e. The van der Waals surface area contributed by atoms with Gasteiger partial charge in [0.15, 0.2) is 0 Å². The zero-order chi connectivity index (χ0) is 26.4. The first kappa shape index (κ1) is 34.9. The molecule has 0 heterocycles. The largest absolute Gasteiger partial charge is 0.385 e. The van der Waals surface area contributed by atoms with Crippen molar-refractivity contribution in [1.29, 1.82) is 0 Å². The Bertz CT molecular complexity index is 398. The third kappa shape index (κ3) is 21.7. The van der Waals surface area contributed by atoms with Crippen molar-refractivity contribution in [2.45, 2.75) is 169 Å². The van der Waals surface area contributed by atoms with E-state index in [1.165, 1.54) is 116 Å². The van der Waals surface area contributed by atoms with Gasteiger partial charge in [0.05, 0.1) is 0 Å². The Labute approximate surface area is 222 Å². The lowest BCUT2D eigenvalue weighted by atomic mass is 9.78. The van der Waals surface area contributed by atoms with Crippen LogP contribution in [0.2, 0.25) is 0 Å². The maximum absolute atomic E-state index is 5.15. The van der Waals surface area contributed by atoms with Crippen molar-refractivity contribution < 1.29 is 9.47 Å². The van der Waals surface area contributed by atoms with Crippen molar-refractivity contribution in [2.24, 2.45) is 10.8 Å². The summed E-state index contributed by atoms with van der Waals surface area (Å²) in [7, 11) is 3.61. The van der Waals surface area contributed by atoms with Crippen LogP contribution in [0.15, 0.2) is 0 Å². The Balaban J connectivity index is 4.23. The maximum Gasteiger partial charge on any atom is 0.0462 e. The normalized spacial score (nSPS) is 14.4. The molecule has 3 nitrogen and oxygen atoms in total. The second-order valence-electron chi connectivity index (χ2n) is 13.2. The van der Waals surface area contributed by atoms with Crippen LogP contribution in [-0.2, 0) is 9.47 Å². The van der Waals surface area contributed by atoms with E-state index in [9.17, 15) is 0 Å². The van der Waals surface area contributed by atoms with Crippen molar-refractivity contribution >= 4 is 0 Å². The molecule has 0 saturated carbocycles. The third-order valence-electron chi connectivity index (χ3n) is 7.68. The maximum atomic E-state index is 5.15. The summed E-state index contributed by atoms with van der Waals surface area (Å²) in [4.78, 5) is 0. The highest BCUT2D eigenvalue weighted by atomic mass is 16.5. The monoisotopic (exact) mass is 498 g/mol. The van der Waals surface area contributed by atoms with E-state index in [0.717, 1.165) is 13.2 Å². The average Bonchev–Trinajstić information content (AvgIpc) is 2.77. The van der Waals surface area contributed by atoms with Gasteiger partial charge in [-0.05, 0) is 36.5 Å². The van der Waals surface area contributed by atoms with E-state index in [1.54, 1.807) is 14.2 Å². The summed E-state index contributed by atoms with van der Waals surface area (Å²) in [5.41, 5.74) is 0.626. The zero-order valence-corrected chi connectivity index (χ0v) is 25.6. The van der Waals surface area contributed by atoms with Gasteiger partial charge in [-0.15, -0.1) is 0 Å².